The Morgan fingerprint density at radius 2 is 2.09 bits per heavy atom. The van der Waals surface area contributed by atoms with E-state index in [1.807, 2.05) is 24.0 Å². The van der Waals surface area contributed by atoms with Gasteiger partial charge in [0.05, 0.1) is 6.54 Å². The second-order valence-electron chi connectivity index (χ2n) is 5.95. The van der Waals surface area contributed by atoms with Gasteiger partial charge in [0.2, 0.25) is 0 Å². The van der Waals surface area contributed by atoms with E-state index in [9.17, 15) is 0 Å². The first-order valence-corrected chi connectivity index (χ1v) is 8.91. The lowest BCUT2D eigenvalue weighted by Crippen LogP contribution is -2.10. The predicted octanol–water partition coefficient (Wildman–Crippen LogP) is 4.01. The van der Waals surface area contributed by atoms with Gasteiger partial charge in [-0.3, -0.25) is 0 Å². The highest BCUT2D eigenvalue weighted by Crippen LogP contribution is 2.33. The zero-order valence-electron chi connectivity index (χ0n) is 12.7. The summed E-state index contributed by atoms with van der Waals surface area (Å²) in [4.78, 5) is 9.48. The van der Waals surface area contributed by atoms with Gasteiger partial charge in [-0.2, -0.15) is 11.8 Å². The third-order valence-electron chi connectivity index (χ3n) is 4.29. The minimum absolute atomic E-state index is 0.560. The number of pyridine rings is 1. The van der Waals surface area contributed by atoms with Crippen LogP contribution in [0.25, 0.3) is 11.2 Å². The van der Waals surface area contributed by atoms with E-state index in [2.05, 4.69) is 46.8 Å². The van der Waals surface area contributed by atoms with Crippen molar-refractivity contribution in [2.24, 2.45) is 0 Å². The molecule has 3 nitrogen and oxygen atoms in total. The first-order chi connectivity index (χ1) is 10.8. The van der Waals surface area contributed by atoms with Crippen molar-refractivity contribution in [2.75, 3.05) is 11.5 Å². The molecule has 1 aliphatic rings. The first-order valence-electron chi connectivity index (χ1n) is 7.76. The zero-order valence-corrected chi connectivity index (χ0v) is 13.5. The van der Waals surface area contributed by atoms with E-state index >= 15 is 0 Å². The van der Waals surface area contributed by atoms with Crippen LogP contribution >= 0.6 is 11.8 Å². The van der Waals surface area contributed by atoms with E-state index in [-0.39, 0.29) is 0 Å². The molecule has 3 heterocycles. The van der Waals surface area contributed by atoms with Crippen molar-refractivity contribution in [2.45, 2.75) is 25.8 Å². The quantitative estimate of drug-likeness (QED) is 0.732. The number of rotatable bonds is 3. The van der Waals surface area contributed by atoms with Crippen LogP contribution in [0.5, 0.6) is 0 Å². The van der Waals surface area contributed by atoms with E-state index < -0.39 is 0 Å². The molecule has 22 heavy (non-hydrogen) atoms. The van der Waals surface area contributed by atoms with Crippen molar-refractivity contribution in [3.63, 3.8) is 0 Å². The number of aromatic nitrogens is 3. The molecule has 1 saturated heterocycles. The molecule has 0 saturated carbocycles. The Hall–Kier alpha value is -1.81. The lowest BCUT2D eigenvalue weighted by atomic mass is 10.1. The third kappa shape index (κ3) is 2.52. The molecule has 0 amide bonds. The second-order valence-corrected chi connectivity index (χ2v) is 7.10. The Balaban J connectivity index is 1.79. The molecule has 2 aromatic heterocycles. The van der Waals surface area contributed by atoms with Crippen LogP contribution in [0.4, 0.5) is 0 Å². The second kappa shape index (κ2) is 5.76. The summed E-state index contributed by atoms with van der Waals surface area (Å²) in [5.41, 5.74) is 4.63. The van der Waals surface area contributed by atoms with Gasteiger partial charge >= 0.3 is 0 Å². The number of fused-ring (bicyclic) bond motifs is 1. The summed E-state index contributed by atoms with van der Waals surface area (Å²) in [6, 6.07) is 12.8. The smallest absolute Gasteiger partial charge is 0.160 e. The van der Waals surface area contributed by atoms with Crippen LogP contribution in [0, 0.1) is 6.92 Å². The summed E-state index contributed by atoms with van der Waals surface area (Å²) in [5.74, 6) is 4.19. The lowest BCUT2D eigenvalue weighted by Gasteiger charge is -2.13. The summed E-state index contributed by atoms with van der Waals surface area (Å²) < 4.78 is 2.32. The SMILES string of the molecule is Cc1ccc(Cn2c(C3CCSC3)nc3cccnc32)cc1. The monoisotopic (exact) mass is 309 g/mol. The number of benzene rings is 1. The van der Waals surface area contributed by atoms with Crippen molar-refractivity contribution >= 4 is 22.9 Å². The summed E-state index contributed by atoms with van der Waals surface area (Å²) in [6.07, 6.45) is 3.09. The molecule has 0 N–H and O–H groups in total. The molecule has 0 spiro atoms. The molecule has 0 aliphatic carbocycles. The molecule has 0 bridgehead atoms. The highest BCUT2D eigenvalue weighted by atomic mass is 32.2. The Morgan fingerprint density at radius 3 is 2.86 bits per heavy atom. The molecular weight excluding hydrogens is 290 g/mol. The predicted molar refractivity (Wildman–Crippen MR) is 92.5 cm³/mol. The van der Waals surface area contributed by atoms with Crippen molar-refractivity contribution in [3.8, 4) is 0 Å². The third-order valence-corrected chi connectivity index (χ3v) is 5.45. The molecule has 0 radical (unpaired) electrons. The molecule has 112 valence electrons. The summed E-state index contributed by atoms with van der Waals surface area (Å²) >= 11 is 2.03. The summed E-state index contributed by atoms with van der Waals surface area (Å²) in [5, 5.41) is 0. The van der Waals surface area contributed by atoms with Crippen LogP contribution in [-0.4, -0.2) is 26.0 Å². The van der Waals surface area contributed by atoms with Crippen molar-refractivity contribution in [1.82, 2.24) is 14.5 Å². The van der Waals surface area contributed by atoms with Crippen molar-refractivity contribution in [3.05, 3.63) is 59.5 Å². The van der Waals surface area contributed by atoms with Crippen LogP contribution in [0.2, 0.25) is 0 Å². The van der Waals surface area contributed by atoms with Crippen molar-refractivity contribution in [1.29, 1.82) is 0 Å². The lowest BCUT2D eigenvalue weighted by molar-refractivity contribution is 0.649. The van der Waals surface area contributed by atoms with E-state index in [4.69, 9.17) is 4.98 Å². The highest BCUT2D eigenvalue weighted by molar-refractivity contribution is 7.99. The van der Waals surface area contributed by atoms with E-state index in [1.54, 1.807) is 0 Å². The van der Waals surface area contributed by atoms with Gasteiger partial charge in [-0.1, -0.05) is 29.8 Å². The maximum Gasteiger partial charge on any atom is 0.160 e. The number of imidazole rings is 1. The number of aryl methyl sites for hydroxylation is 1. The topological polar surface area (TPSA) is 30.7 Å². The average molecular weight is 309 g/mol. The van der Waals surface area contributed by atoms with Gasteiger partial charge in [0.15, 0.2) is 5.65 Å². The Morgan fingerprint density at radius 1 is 1.23 bits per heavy atom. The van der Waals surface area contributed by atoms with Crippen LogP contribution in [0.1, 0.15) is 29.3 Å². The standard InChI is InChI=1S/C18H19N3S/c1-13-4-6-14(7-5-13)11-21-17(15-8-10-22-12-15)20-16-3-2-9-19-18(16)21/h2-7,9,15H,8,10-12H2,1H3. The van der Waals surface area contributed by atoms with Gasteiger partial charge in [0.1, 0.15) is 11.3 Å². The van der Waals surface area contributed by atoms with E-state index in [1.165, 1.54) is 34.9 Å². The summed E-state index contributed by atoms with van der Waals surface area (Å²) in [7, 11) is 0. The Kier molecular flexibility index (Phi) is 3.62. The van der Waals surface area contributed by atoms with Crippen LogP contribution < -0.4 is 0 Å². The van der Waals surface area contributed by atoms with Gasteiger partial charge in [-0.05, 0) is 36.8 Å². The van der Waals surface area contributed by atoms with Crippen LogP contribution in [-0.2, 0) is 6.54 Å². The van der Waals surface area contributed by atoms with Gasteiger partial charge in [-0.15, -0.1) is 0 Å². The fourth-order valence-corrected chi connectivity index (χ4v) is 4.28. The molecule has 3 aromatic rings. The highest BCUT2D eigenvalue weighted by Gasteiger charge is 2.24. The number of hydrogen-bond donors (Lipinski definition) is 0. The van der Waals surface area contributed by atoms with E-state index in [0.29, 0.717) is 5.92 Å². The molecular formula is C18H19N3S. The molecule has 1 fully saturated rings. The number of hydrogen-bond acceptors (Lipinski definition) is 3. The molecule has 1 unspecified atom stereocenters. The Labute approximate surface area is 134 Å². The van der Waals surface area contributed by atoms with Crippen molar-refractivity contribution < 1.29 is 0 Å². The number of thioether (sulfide) groups is 1. The van der Waals surface area contributed by atoms with Gasteiger partial charge in [-0.25, -0.2) is 9.97 Å². The van der Waals surface area contributed by atoms with Crippen LogP contribution in [0.3, 0.4) is 0 Å². The Bertz CT molecular complexity index is 786. The summed E-state index contributed by atoms with van der Waals surface area (Å²) in [6.45, 7) is 2.98. The molecule has 4 rings (SSSR count). The van der Waals surface area contributed by atoms with Gasteiger partial charge in [0, 0.05) is 17.9 Å². The first kappa shape index (κ1) is 13.8. The fourth-order valence-electron chi connectivity index (χ4n) is 3.06. The minimum atomic E-state index is 0.560. The van der Waals surface area contributed by atoms with Gasteiger partial charge in [0.25, 0.3) is 0 Å². The minimum Gasteiger partial charge on any atom is -0.308 e. The molecule has 1 aliphatic heterocycles. The normalized spacial score (nSPS) is 18.1. The number of nitrogens with zero attached hydrogens (tertiary/aromatic N) is 3. The fraction of sp³-hybridized carbons (Fsp3) is 0.333. The zero-order chi connectivity index (χ0) is 14.9. The maximum atomic E-state index is 4.90. The molecule has 1 atom stereocenters. The van der Waals surface area contributed by atoms with Gasteiger partial charge < -0.3 is 4.57 Å². The largest absolute Gasteiger partial charge is 0.308 e. The van der Waals surface area contributed by atoms with E-state index in [0.717, 1.165) is 17.7 Å². The maximum absolute atomic E-state index is 4.90. The molecule has 4 heteroatoms. The van der Waals surface area contributed by atoms with Crippen LogP contribution in [0.15, 0.2) is 42.6 Å². The average Bonchev–Trinajstić information content (AvgIpc) is 3.18. The molecule has 1 aromatic carbocycles.